The summed E-state index contributed by atoms with van der Waals surface area (Å²) in [7, 11) is 3.89. The Morgan fingerprint density at radius 3 is 2.96 bits per heavy atom. The number of likely N-dealkylation sites (tertiary alicyclic amines) is 1. The molecular formula is C21H25NO4. The monoisotopic (exact) mass is 355 g/mol. The predicted molar refractivity (Wildman–Crippen MR) is 95.5 cm³/mol. The molecule has 4 bridgehead atoms. The number of aliphatic hydroxyl groups is 2. The van der Waals surface area contributed by atoms with Gasteiger partial charge >= 0.3 is 0 Å². The highest BCUT2D eigenvalue weighted by molar-refractivity contribution is 5.65. The molecule has 2 N–H and O–H groups in total. The number of hydrogen-bond acceptors (Lipinski definition) is 5. The topological polar surface area (TPSA) is 62.2 Å². The molecule has 5 nitrogen and oxygen atoms in total. The van der Waals surface area contributed by atoms with Crippen molar-refractivity contribution in [3.63, 3.8) is 0 Å². The van der Waals surface area contributed by atoms with Gasteiger partial charge in [0, 0.05) is 29.5 Å². The molecule has 7 rings (SSSR count). The molecule has 1 aromatic rings. The van der Waals surface area contributed by atoms with Crippen LogP contribution in [0.1, 0.15) is 24.0 Å². The molecule has 2 fully saturated rings. The van der Waals surface area contributed by atoms with Gasteiger partial charge in [-0.15, -0.1) is 0 Å². The minimum atomic E-state index is -1.13. The van der Waals surface area contributed by atoms with Crippen LogP contribution in [0.15, 0.2) is 24.3 Å². The summed E-state index contributed by atoms with van der Waals surface area (Å²) in [6, 6.07) is 4.55. The summed E-state index contributed by atoms with van der Waals surface area (Å²) in [5, 5.41) is 21.7. The average Bonchev–Trinajstić information content (AvgIpc) is 3.02. The van der Waals surface area contributed by atoms with Crippen LogP contribution in [0, 0.1) is 11.3 Å². The highest BCUT2D eigenvalue weighted by Gasteiger charge is 2.78. The number of ether oxygens (including phenoxy) is 2. The van der Waals surface area contributed by atoms with Gasteiger partial charge < -0.3 is 24.6 Å². The minimum absolute atomic E-state index is 0.0186. The molecule has 0 unspecified atom stereocenters. The highest BCUT2D eigenvalue weighted by atomic mass is 16.5. The van der Waals surface area contributed by atoms with Crippen LogP contribution in [-0.2, 0) is 11.8 Å². The van der Waals surface area contributed by atoms with Gasteiger partial charge in [-0.25, -0.2) is 0 Å². The molecule has 138 valence electrons. The standard InChI is InChI=1S/C21H25NO4/c1-22-8-7-20-16-12-3-4-14(25-2)17(16)26-18(20)21(24)6-5-19(20,15(22)9-12)10-13(21)11-23/h3-6,13,15,18,23-24H,7-11H2,1-2H3/t13-,15-,18-,19-,20+,21-/m1/s1. The molecule has 4 aliphatic carbocycles. The first-order valence-corrected chi connectivity index (χ1v) is 9.63. The van der Waals surface area contributed by atoms with Crippen molar-refractivity contribution in [2.24, 2.45) is 11.3 Å². The van der Waals surface area contributed by atoms with Crippen molar-refractivity contribution in [1.82, 2.24) is 4.90 Å². The van der Waals surface area contributed by atoms with Gasteiger partial charge in [0.25, 0.3) is 0 Å². The van der Waals surface area contributed by atoms with Gasteiger partial charge in [-0.1, -0.05) is 18.2 Å². The van der Waals surface area contributed by atoms with E-state index in [1.807, 2.05) is 12.1 Å². The summed E-state index contributed by atoms with van der Waals surface area (Å²) < 4.78 is 12.2. The smallest absolute Gasteiger partial charge is 0.166 e. The van der Waals surface area contributed by atoms with Crippen molar-refractivity contribution in [3.8, 4) is 11.5 Å². The van der Waals surface area contributed by atoms with Gasteiger partial charge in [0.1, 0.15) is 11.7 Å². The second kappa shape index (κ2) is 4.46. The molecular weight excluding hydrogens is 330 g/mol. The molecule has 5 heteroatoms. The maximum Gasteiger partial charge on any atom is 0.166 e. The Balaban J connectivity index is 1.72. The third-order valence-electron chi connectivity index (χ3n) is 8.31. The predicted octanol–water partition coefficient (Wildman–Crippen LogP) is 1.25. The van der Waals surface area contributed by atoms with Crippen LogP contribution in [-0.4, -0.2) is 60.2 Å². The quantitative estimate of drug-likeness (QED) is 0.782. The molecule has 2 heterocycles. The number of benzene rings is 1. The molecule has 0 amide bonds. The Morgan fingerprint density at radius 1 is 1.35 bits per heavy atom. The largest absolute Gasteiger partial charge is 0.493 e. The molecule has 1 saturated heterocycles. The van der Waals surface area contributed by atoms with E-state index in [2.05, 4.69) is 24.1 Å². The summed E-state index contributed by atoms with van der Waals surface area (Å²) in [4.78, 5) is 2.47. The van der Waals surface area contributed by atoms with E-state index in [0.29, 0.717) is 6.04 Å². The molecule has 6 atom stereocenters. The number of rotatable bonds is 2. The molecule has 0 radical (unpaired) electrons. The van der Waals surface area contributed by atoms with Gasteiger partial charge in [0.05, 0.1) is 12.5 Å². The van der Waals surface area contributed by atoms with E-state index in [0.717, 1.165) is 37.3 Å². The lowest BCUT2D eigenvalue weighted by Gasteiger charge is -2.70. The van der Waals surface area contributed by atoms with Crippen LogP contribution in [0.2, 0.25) is 0 Å². The number of hydrogen-bond donors (Lipinski definition) is 2. The Bertz CT molecular complexity index is 853. The fourth-order valence-electron chi connectivity index (χ4n) is 7.24. The third kappa shape index (κ3) is 1.32. The number of fused-ring (bicyclic) bond motifs is 1. The number of aliphatic hydroxyl groups excluding tert-OH is 1. The van der Waals surface area contributed by atoms with Gasteiger partial charge in [-0.3, -0.25) is 0 Å². The Kier molecular flexibility index (Phi) is 2.66. The third-order valence-corrected chi connectivity index (χ3v) is 8.31. The molecule has 2 spiro atoms. The Labute approximate surface area is 153 Å². The zero-order valence-corrected chi connectivity index (χ0v) is 15.2. The second-order valence-electron chi connectivity index (χ2n) is 8.90. The van der Waals surface area contributed by atoms with Gasteiger partial charge in [-0.05, 0) is 44.5 Å². The van der Waals surface area contributed by atoms with E-state index < -0.39 is 5.60 Å². The van der Waals surface area contributed by atoms with Crippen LogP contribution in [0.25, 0.3) is 0 Å². The SMILES string of the molecule is COc1ccc2c3c1O[C@H]1[C@@]4(O)C=C[C@@]5(C[C@@H]4CO)[C@@H](C2)N(C)CC[C@]315. The summed E-state index contributed by atoms with van der Waals surface area (Å²) >= 11 is 0. The van der Waals surface area contributed by atoms with Crippen LogP contribution in [0.5, 0.6) is 11.5 Å². The van der Waals surface area contributed by atoms with Gasteiger partial charge in [0.15, 0.2) is 11.5 Å². The van der Waals surface area contributed by atoms with Crippen molar-refractivity contribution in [2.75, 3.05) is 27.3 Å². The lowest BCUT2D eigenvalue weighted by molar-refractivity contribution is -0.209. The Hall–Kier alpha value is -1.56. The minimum Gasteiger partial charge on any atom is -0.493 e. The van der Waals surface area contributed by atoms with Gasteiger partial charge in [-0.2, -0.15) is 0 Å². The van der Waals surface area contributed by atoms with E-state index in [-0.39, 0.29) is 29.5 Å². The van der Waals surface area contributed by atoms with E-state index in [1.165, 1.54) is 11.1 Å². The van der Waals surface area contributed by atoms with E-state index in [4.69, 9.17) is 9.47 Å². The summed E-state index contributed by atoms with van der Waals surface area (Å²) in [5.74, 6) is 1.38. The highest BCUT2D eigenvalue weighted by Crippen LogP contribution is 2.73. The second-order valence-corrected chi connectivity index (χ2v) is 8.90. The number of piperidine rings is 1. The first-order valence-electron chi connectivity index (χ1n) is 9.63. The van der Waals surface area contributed by atoms with E-state index in [1.54, 1.807) is 7.11 Å². The summed E-state index contributed by atoms with van der Waals surface area (Å²) in [5.41, 5.74) is 1.14. The maximum atomic E-state index is 11.7. The number of nitrogens with zero attached hydrogens (tertiary/aromatic N) is 1. The zero-order valence-electron chi connectivity index (χ0n) is 15.2. The lowest BCUT2D eigenvalue weighted by Crippen LogP contribution is -2.78. The average molecular weight is 355 g/mol. The number of likely N-dealkylation sites (N-methyl/N-ethyl adjacent to an activating group) is 1. The zero-order chi connectivity index (χ0) is 17.9. The first-order chi connectivity index (χ1) is 12.5. The molecule has 26 heavy (non-hydrogen) atoms. The number of methoxy groups -OCH3 is 1. The van der Waals surface area contributed by atoms with Crippen molar-refractivity contribution < 1.29 is 19.7 Å². The van der Waals surface area contributed by atoms with Gasteiger partial charge in [0.2, 0.25) is 0 Å². The molecule has 6 aliphatic rings. The Morgan fingerprint density at radius 2 is 2.19 bits per heavy atom. The van der Waals surface area contributed by atoms with Crippen molar-refractivity contribution >= 4 is 0 Å². The fourth-order valence-corrected chi connectivity index (χ4v) is 7.24. The first kappa shape index (κ1) is 15.5. The van der Waals surface area contributed by atoms with Crippen LogP contribution in [0.4, 0.5) is 0 Å². The molecule has 1 saturated carbocycles. The lowest BCUT2D eigenvalue weighted by atomic mass is 9.37. The molecule has 1 aromatic carbocycles. The van der Waals surface area contributed by atoms with E-state index in [9.17, 15) is 10.2 Å². The van der Waals surface area contributed by atoms with Crippen molar-refractivity contribution in [3.05, 3.63) is 35.4 Å². The molecule has 0 aromatic heterocycles. The van der Waals surface area contributed by atoms with Crippen molar-refractivity contribution in [1.29, 1.82) is 0 Å². The summed E-state index contributed by atoms with van der Waals surface area (Å²) in [6.07, 6.45) is 6.60. The summed E-state index contributed by atoms with van der Waals surface area (Å²) in [6.45, 7) is 0.978. The van der Waals surface area contributed by atoms with Crippen LogP contribution >= 0.6 is 0 Å². The van der Waals surface area contributed by atoms with Crippen LogP contribution in [0.3, 0.4) is 0 Å². The molecule has 2 aliphatic heterocycles. The fraction of sp³-hybridized carbons (Fsp3) is 0.619. The van der Waals surface area contributed by atoms with E-state index >= 15 is 0 Å². The normalized spacial score (nSPS) is 46.8. The maximum absolute atomic E-state index is 11.7. The van der Waals surface area contributed by atoms with Crippen molar-refractivity contribution in [2.45, 2.75) is 42.4 Å². The van der Waals surface area contributed by atoms with Crippen LogP contribution < -0.4 is 9.47 Å².